The van der Waals surface area contributed by atoms with Crippen molar-refractivity contribution in [2.45, 2.75) is 84.8 Å². The minimum atomic E-state index is 0.525. The molecule has 0 spiro atoms. The van der Waals surface area contributed by atoms with E-state index in [-0.39, 0.29) is 0 Å². The molecule has 31 heavy (non-hydrogen) atoms. The first-order valence-electron chi connectivity index (χ1n) is 12.2. The van der Waals surface area contributed by atoms with Crippen molar-refractivity contribution in [3.63, 3.8) is 0 Å². The molecule has 0 bridgehead atoms. The molecule has 2 aromatic carbocycles. The van der Waals surface area contributed by atoms with Gasteiger partial charge in [-0.25, -0.2) is 0 Å². The highest BCUT2D eigenvalue weighted by Gasteiger charge is 2.18. The summed E-state index contributed by atoms with van der Waals surface area (Å²) in [5, 5.41) is 4.43. The predicted molar refractivity (Wildman–Crippen MR) is 130 cm³/mol. The van der Waals surface area contributed by atoms with Gasteiger partial charge in [-0.2, -0.15) is 0 Å². The zero-order valence-corrected chi connectivity index (χ0v) is 19.6. The summed E-state index contributed by atoms with van der Waals surface area (Å²) in [6, 6.07) is 13.6. The van der Waals surface area contributed by atoms with Crippen LogP contribution in [-0.2, 0) is 24.4 Å². The van der Waals surface area contributed by atoms with Gasteiger partial charge in [0.05, 0.1) is 5.71 Å². The topological polar surface area (TPSA) is 24.8 Å². The molecule has 0 radical (unpaired) electrons. The number of rotatable bonds is 8. The Morgan fingerprint density at radius 1 is 1.00 bits per heavy atom. The Morgan fingerprint density at radius 2 is 1.81 bits per heavy atom. The van der Waals surface area contributed by atoms with Crippen LogP contribution in [0.25, 0.3) is 0 Å². The minimum Gasteiger partial charge on any atom is -0.391 e. The fourth-order valence-corrected chi connectivity index (χ4v) is 5.07. The Bertz CT molecular complexity index is 907. The van der Waals surface area contributed by atoms with Crippen LogP contribution in [0.4, 0.5) is 0 Å². The first-order chi connectivity index (χ1) is 15.1. The van der Waals surface area contributed by atoms with Gasteiger partial charge < -0.3 is 4.84 Å². The van der Waals surface area contributed by atoms with Crippen LogP contribution in [0.2, 0.25) is 0 Å². The minimum absolute atomic E-state index is 0.525. The standard InChI is InChI=1S/C28H38N2O/c1-4-24-18-26(12-13-27(24)19-30-15-8-16-30)22(3)29-31-20-23-11-14-28(21(2)17-23)25-9-6-5-7-10-25/h11-14,17-18,25H,4-10,15-16,19-20H2,1-3H3/b29-22+. The van der Waals surface area contributed by atoms with Gasteiger partial charge >= 0.3 is 0 Å². The van der Waals surface area contributed by atoms with Gasteiger partial charge in [0.1, 0.15) is 6.61 Å². The molecule has 0 aromatic heterocycles. The van der Waals surface area contributed by atoms with Gasteiger partial charge in [-0.3, -0.25) is 4.90 Å². The monoisotopic (exact) mass is 418 g/mol. The van der Waals surface area contributed by atoms with E-state index < -0.39 is 0 Å². The zero-order chi connectivity index (χ0) is 21.6. The summed E-state index contributed by atoms with van der Waals surface area (Å²) in [6.45, 7) is 10.6. The molecular formula is C28H38N2O. The second-order valence-corrected chi connectivity index (χ2v) is 9.44. The van der Waals surface area contributed by atoms with E-state index in [0.29, 0.717) is 6.61 Å². The average molecular weight is 419 g/mol. The van der Waals surface area contributed by atoms with Crippen molar-refractivity contribution in [2.75, 3.05) is 13.1 Å². The number of hydrogen-bond donors (Lipinski definition) is 0. The largest absolute Gasteiger partial charge is 0.391 e. The third kappa shape index (κ3) is 5.57. The van der Waals surface area contributed by atoms with E-state index >= 15 is 0 Å². The van der Waals surface area contributed by atoms with Crippen LogP contribution in [0, 0.1) is 6.92 Å². The molecule has 4 rings (SSSR count). The second-order valence-electron chi connectivity index (χ2n) is 9.44. The molecular weight excluding hydrogens is 380 g/mol. The van der Waals surface area contributed by atoms with Gasteiger partial charge in [0.2, 0.25) is 0 Å². The first kappa shape index (κ1) is 22.1. The Morgan fingerprint density at radius 3 is 2.48 bits per heavy atom. The van der Waals surface area contributed by atoms with Gasteiger partial charge in [-0.1, -0.05) is 61.7 Å². The SMILES string of the molecule is CCc1cc(/C(C)=N/OCc2ccc(C3CCCCC3)c(C)c2)ccc1CN1CCC1. The van der Waals surface area contributed by atoms with E-state index in [1.165, 1.54) is 79.4 Å². The lowest BCUT2D eigenvalue weighted by molar-refractivity contribution is 0.130. The van der Waals surface area contributed by atoms with E-state index in [1.54, 1.807) is 0 Å². The molecule has 0 unspecified atom stereocenters. The van der Waals surface area contributed by atoms with Crippen molar-refractivity contribution >= 4 is 5.71 Å². The molecule has 2 aromatic rings. The maximum absolute atomic E-state index is 5.75. The average Bonchev–Trinajstić information content (AvgIpc) is 2.77. The fourth-order valence-electron chi connectivity index (χ4n) is 5.07. The van der Waals surface area contributed by atoms with Crippen LogP contribution in [0.5, 0.6) is 0 Å². The van der Waals surface area contributed by atoms with Gasteiger partial charge in [-0.05, 0) is 98.0 Å². The van der Waals surface area contributed by atoms with Crippen molar-refractivity contribution in [3.8, 4) is 0 Å². The van der Waals surface area contributed by atoms with E-state index in [9.17, 15) is 0 Å². The molecule has 3 nitrogen and oxygen atoms in total. The highest BCUT2D eigenvalue weighted by atomic mass is 16.6. The second kappa shape index (κ2) is 10.5. The van der Waals surface area contributed by atoms with E-state index in [1.807, 2.05) is 6.92 Å². The first-order valence-corrected chi connectivity index (χ1v) is 12.2. The summed E-state index contributed by atoms with van der Waals surface area (Å²) in [6.07, 6.45) is 9.24. The van der Waals surface area contributed by atoms with Gasteiger partial charge in [0, 0.05) is 6.54 Å². The molecule has 0 N–H and O–H groups in total. The van der Waals surface area contributed by atoms with Crippen LogP contribution < -0.4 is 0 Å². The van der Waals surface area contributed by atoms with Gasteiger partial charge in [0.15, 0.2) is 0 Å². The summed E-state index contributed by atoms with van der Waals surface area (Å²) in [5.74, 6) is 0.751. The van der Waals surface area contributed by atoms with Crippen molar-refractivity contribution in [1.29, 1.82) is 0 Å². The lowest BCUT2D eigenvalue weighted by atomic mass is 9.82. The number of nitrogens with zero attached hydrogens (tertiary/aromatic N) is 2. The third-order valence-electron chi connectivity index (χ3n) is 7.16. The molecule has 2 fully saturated rings. The normalized spacial score (nSPS) is 18.1. The molecule has 166 valence electrons. The highest BCUT2D eigenvalue weighted by Crippen LogP contribution is 2.34. The van der Waals surface area contributed by atoms with Crippen LogP contribution in [-0.4, -0.2) is 23.7 Å². The van der Waals surface area contributed by atoms with E-state index in [2.05, 4.69) is 60.3 Å². The smallest absolute Gasteiger partial charge is 0.142 e. The number of benzene rings is 2. The van der Waals surface area contributed by atoms with Crippen molar-refractivity contribution < 1.29 is 4.84 Å². The molecule has 3 heteroatoms. The summed E-state index contributed by atoms with van der Waals surface area (Å²) >= 11 is 0. The van der Waals surface area contributed by atoms with Crippen LogP contribution in [0.3, 0.4) is 0 Å². The summed E-state index contributed by atoms with van der Waals surface area (Å²) < 4.78 is 0. The van der Waals surface area contributed by atoms with Crippen LogP contribution >= 0.6 is 0 Å². The molecule has 1 saturated heterocycles. The van der Waals surface area contributed by atoms with E-state index in [0.717, 1.165) is 30.2 Å². The Kier molecular flexibility index (Phi) is 7.45. The zero-order valence-electron chi connectivity index (χ0n) is 19.6. The summed E-state index contributed by atoms with van der Waals surface area (Å²) in [5.41, 5.74) is 9.12. The number of oxime groups is 1. The number of likely N-dealkylation sites (tertiary alicyclic amines) is 1. The fraction of sp³-hybridized carbons (Fsp3) is 0.536. The van der Waals surface area contributed by atoms with Crippen LogP contribution in [0.1, 0.15) is 91.7 Å². The lowest BCUT2D eigenvalue weighted by Gasteiger charge is -2.31. The van der Waals surface area contributed by atoms with E-state index in [4.69, 9.17) is 4.84 Å². The molecule has 1 aliphatic carbocycles. The number of hydrogen-bond acceptors (Lipinski definition) is 3. The maximum atomic E-state index is 5.75. The van der Waals surface area contributed by atoms with Crippen molar-refractivity contribution in [1.82, 2.24) is 4.90 Å². The summed E-state index contributed by atoms with van der Waals surface area (Å²) in [7, 11) is 0. The predicted octanol–water partition coefficient (Wildman–Crippen LogP) is 6.75. The number of aryl methyl sites for hydroxylation is 2. The van der Waals surface area contributed by atoms with Crippen molar-refractivity contribution in [2.24, 2.45) is 5.16 Å². The van der Waals surface area contributed by atoms with Crippen LogP contribution in [0.15, 0.2) is 41.6 Å². The highest BCUT2D eigenvalue weighted by molar-refractivity contribution is 5.98. The molecule has 2 aliphatic rings. The molecule has 1 heterocycles. The third-order valence-corrected chi connectivity index (χ3v) is 7.16. The summed E-state index contributed by atoms with van der Waals surface area (Å²) in [4.78, 5) is 8.26. The van der Waals surface area contributed by atoms with Gasteiger partial charge in [-0.15, -0.1) is 0 Å². The molecule has 1 saturated carbocycles. The maximum Gasteiger partial charge on any atom is 0.142 e. The Balaban J connectivity index is 1.36. The molecule has 1 aliphatic heterocycles. The quantitative estimate of drug-likeness (QED) is 0.350. The van der Waals surface area contributed by atoms with Gasteiger partial charge in [0.25, 0.3) is 0 Å². The Labute approximate surface area is 188 Å². The van der Waals surface area contributed by atoms with Crippen molar-refractivity contribution in [3.05, 3.63) is 69.8 Å². The Hall–Kier alpha value is -2.13. The lowest BCUT2D eigenvalue weighted by Crippen LogP contribution is -2.36. The molecule has 0 atom stereocenters. The molecule has 0 amide bonds.